The van der Waals surface area contributed by atoms with E-state index in [1.54, 1.807) is 0 Å². The smallest absolute Gasteiger partial charge is 0.0469 e. The topological polar surface area (TPSA) is 35.2 Å². The number of ether oxygens (including phenoxy) is 1. The van der Waals surface area contributed by atoms with Crippen LogP contribution in [-0.4, -0.2) is 19.3 Å². The highest BCUT2D eigenvalue weighted by atomic mass is 16.5. The van der Waals surface area contributed by atoms with Crippen LogP contribution in [0.5, 0.6) is 0 Å². The first-order valence-corrected chi connectivity index (χ1v) is 5.53. The van der Waals surface area contributed by atoms with E-state index in [0.29, 0.717) is 12.0 Å². The fraction of sp³-hybridized carbons (Fsp3) is 1.00. The molecule has 78 valence electrons. The van der Waals surface area contributed by atoms with Gasteiger partial charge in [-0.1, -0.05) is 13.8 Å². The van der Waals surface area contributed by atoms with Gasteiger partial charge in [-0.2, -0.15) is 0 Å². The second kappa shape index (κ2) is 5.61. The van der Waals surface area contributed by atoms with Gasteiger partial charge in [0.1, 0.15) is 0 Å². The summed E-state index contributed by atoms with van der Waals surface area (Å²) >= 11 is 0. The summed E-state index contributed by atoms with van der Waals surface area (Å²) in [7, 11) is 0. The summed E-state index contributed by atoms with van der Waals surface area (Å²) in [6.07, 6.45) is 4.78. The lowest BCUT2D eigenvalue weighted by Crippen LogP contribution is -2.34. The maximum atomic E-state index is 6.14. The van der Waals surface area contributed by atoms with E-state index in [0.717, 1.165) is 19.1 Å². The van der Waals surface area contributed by atoms with Gasteiger partial charge >= 0.3 is 0 Å². The molecule has 1 atom stereocenters. The lowest BCUT2D eigenvalue weighted by molar-refractivity contribution is 0.0569. The molecule has 1 saturated heterocycles. The van der Waals surface area contributed by atoms with Crippen molar-refractivity contribution < 1.29 is 4.74 Å². The van der Waals surface area contributed by atoms with Gasteiger partial charge in [0.15, 0.2) is 0 Å². The Bertz CT molecular complexity index is 130. The van der Waals surface area contributed by atoms with Gasteiger partial charge in [-0.05, 0) is 37.5 Å². The molecule has 0 radical (unpaired) electrons. The van der Waals surface area contributed by atoms with Crippen molar-refractivity contribution in [3.63, 3.8) is 0 Å². The van der Waals surface area contributed by atoms with E-state index >= 15 is 0 Å². The summed E-state index contributed by atoms with van der Waals surface area (Å²) in [6, 6.07) is 0.409. The molecule has 1 aliphatic heterocycles. The van der Waals surface area contributed by atoms with Gasteiger partial charge in [0.05, 0.1) is 0 Å². The monoisotopic (exact) mass is 185 g/mol. The highest BCUT2D eigenvalue weighted by molar-refractivity contribution is 4.75. The van der Waals surface area contributed by atoms with Crippen molar-refractivity contribution in [1.29, 1.82) is 0 Å². The van der Waals surface area contributed by atoms with Crippen molar-refractivity contribution in [3.8, 4) is 0 Å². The molecule has 1 heterocycles. The van der Waals surface area contributed by atoms with Gasteiger partial charge in [-0.25, -0.2) is 0 Å². The Balaban J connectivity index is 2.17. The molecule has 0 aromatic carbocycles. The van der Waals surface area contributed by atoms with Crippen LogP contribution >= 0.6 is 0 Å². The Morgan fingerprint density at radius 1 is 1.23 bits per heavy atom. The third-order valence-corrected chi connectivity index (χ3v) is 2.95. The molecule has 2 heteroatoms. The van der Waals surface area contributed by atoms with E-state index in [1.165, 1.54) is 25.7 Å². The molecule has 1 fully saturated rings. The van der Waals surface area contributed by atoms with Crippen molar-refractivity contribution in [2.24, 2.45) is 17.6 Å². The minimum absolute atomic E-state index is 0.409. The van der Waals surface area contributed by atoms with Gasteiger partial charge in [-0.15, -0.1) is 0 Å². The van der Waals surface area contributed by atoms with Crippen LogP contribution in [0.15, 0.2) is 0 Å². The van der Waals surface area contributed by atoms with Crippen molar-refractivity contribution in [1.82, 2.24) is 0 Å². The van der Waals surface area contributed by atoms with E-state index in [1.807, 2.05) is 0 Å². The molecule has 13 heavy (non-hydrogen) atoms. The van der Waals surface area contributed by atoms with E-state index < -0.39 is 0 Å². The molecule has 0 bridgehead atoms. The van der Waals surface area contributed by atoms with Crippen LogP contribution in [0.1, 0.15) is 39.5 Å². The standard InChI is InChI=1S/C11H23NO/c1-9(2)3-4-11(12)10-5-7-13-8-6-10/h9-11H,3-8,12H2,1-2H3. The molecule has 1 rings (SSSR count). The van der Waals surface area contributed by atoms with Crippen LogP contribution in [0.4, 0.5) is 0 Å². The molecule has 0 aromatic heterocycles. The van der Waals surface area contributed by atoms with Gasteiger partial charge in [0, 0.05) is 19.3 Å². The Labute approximate surface area is 81.8 Å². The molecule has 0 saturated carbocycles. The summed E-state index contributed by atoms with van der Waals surface area (Å²) in [5.41, 5.74) is 6.14. The summed E-state index contributed by atoms with van der Waals surface area (Å²) in [6.45, 7) is 6.35. The van der Waals surface area contributed by atoms with Crippen LogP contribution in [0.3, 0.4) is 0 Å². The van der Waals surface area contributed by atoms with Crippen molar-refractivity contribution in [3.05, 3.63) is 0 Å². The van der Waals surface area contributed by atoms with Gasteiger partial charge in [0.25, 0.3) is 0 Å². The first kappa shape index (κ1) is 11.0. The predicted molar refractivity (Wildman–Crippen MR) is 55.6 cm³/mol. The minimum atomic E-state index is 0.409. The Hall–Kier alpha value is -0.0800. The van der Waals surface area contributed by atoms with Crippen molar-refractivity contribution >= 4 is 0 Å². The number of hydrogen-bond acceptors (Lipinski definition) is 2. The molecular weight excluding hydrogens is 162 g/mol. The number of nitrogens with two attached hydrogens (primary N) is 1. The average Bonchev–Trinajstić information content (AvgIpc) is 2.15. The number of hydrogen-bond donors (Lipinski definition) is 1. The zero-order valence-electron chi connectivity index (χ0n) is 8.96. The normalized spacial score (nSPS) is 22.2. The zero-order chi connectivity index (χ0) is 9.68. The Kier molecular flexibility index (Phi) is 4.74. The highest BCUT2D eigenvalue weighted by Gasteiger charge is 2.20. The molecule has 2 nitrogen and oxygen atoms in total. The molecule has 0 aromatic rings. The third-order valence-electron chi connectivity index (χ3n) is 2.95. The minimum Gasteiger partial charge on any atom is -0.381 e. The van der Waals surface area contributed by atoms with Crippen LogP contribution in [0.25, 0.3) is 0 Å². The van der Waals surface area contributed by atoms with Gasteiger partial charge in [0.2, 0.25) is 0 Å². The first-order valence-electron chi connectivity index (χ1n) is 5.53. The molecule has 0 spiro atoms. The number of rotatable bonds is 4. The van der Waals surface area contributed by atoms with Gasteiger partial charge < -0.3 is 10.5 Å². The quantitative estimate of drug-likeness (QED) is 0.728. The summed E-state index contributed by atoms with van der Waals surface area (Å²) in [5.74, 6) is 1.50. The molecule has 1 unspecified atom stereocenters. The first-order chi connectivity index (χ1) is 6.20. The van der Waals surface area contributed by atoms with Crippen molar-refractivity contribution in [2.45, 2.75) is 45.6 Å². The second-order valence-corrected chi connectivity index (χ2v) is 4.58. The van der Waals surface area contributed by atoms with Gasteiger partial charge in [-0.3, -0.25) is 0 Å². The zero-order valence-corrected chi connectivity index (χ0v) is 8.96. The SMILES string of the molecule is CC(C)CCC(N)C1CCOCC1. The van der Waals surface area contributed by atoms with E-state index in [-0.39, 0.29) is 0 Å². The maximum absolute atomic E-state index is 6.14. The molecule has 2 N–H and O–H groups in total. The highest BCUT2D eigenvalue weighted by Crippen LogP contribution is 2.21. The fourth-order valence-electron chi connectivity index (χ4n) is 1.91. The second-order valence-electron chi connectivity index (χ2n) is 4.58. The maximum Gasteiger partial charge on any atom is 0.0469 e. The molecular formula is C11H23NO. The van der Waals surface area contributed by atoms with Crippen LogP contribution in [0.2, 0.25) is 0 Å². The van der Waals surface area contributed by atoms with E-state index in [2.05, 4.69) is 13.8 Å². The van der Waals surface area contributed by atoms with Crippen molar-refractivity contribution in [2.75, 3.05) is 13.2 Å². The molecule has 0 aliphatic carbocycles. The summed E-state index contributed by atoms with van der Waals surface area (Å²) in [5, 5.41) is 0. The van der Waals surface area contributed by atoms with E-state index in [9.17, 15) is 0 Å². The molecule has 0 amide bonds. The Morgan fingerprint density at radius 2 is 1.85 bits per heavy atom. The van der Waals surface area contributed by atoms with E-state index in [4.69, 9.17) is 10.5 Å². The van der Waals surface area contributed by atoms with Crippen LogP contribution < -0.4 is 5.73 Å². The summed E-state index contributed by atoms with van der Waals surface area (Å²) in [4.78, 5) is 0. The van der Waals surface area contributed by atoms with Crippen LogP contribution in [0, 0.1) is 11.8 Å². The fourth-order valence-corrected chi connectivity index (χ4v) is 1.91. The largest absolute Gasteiger partial charge is 0.381 e. The predicted octanol–water partition coefficient (Wildman–Crippen LogP) is 2.18. The molecule has 1 aliphatic rings. The lowest BCUT2D eigenvalue weighted by Gasteiger charge is -2.27. The lowest BCUT2D eigenvalue weighted by atomic mass is 9.88. The van der Waals surface area contributed by atoms with Crippen LogP contribution in [-0.2, 0) is 4.74 Å². The summed E-state index contributed by atoms with van der Waals surface area (Å²) < 4.78 is 5.32. The average molecular weight is 185 g/mol. The third kappa shape index (κ3) is 4.10. The Morgan fingerprint density at radius 3 is 2.38 bits per heavy atom.